The summed E-state index contributed by atoms with van der Waals surface area (Å²) in [6.45, 7) is 2.13. The fourth-order valence-corrected chi connectivity index (χ4v) is 2.40. The van der Waals surface area contributed by atoms with E-state index >= 15 is 0 Å². The van der Waals surface area contributed by atoms with Crippen LogP contribution in [-0.2, 0) is 0 Å². The fourth-order valence-electron chi connectivity index (χ4n) is 1.58. The van der Waals surface area contributed by atoms with Crippen LogP contribution in [-0.4, -0.2) is 0 Å². The number of rotatable bonds is 1. The van der Waals surface area contributed by atoms with E-state index in [1.165, 1.54) is 16.7 Å². The van der Waals surface area contributed by atoms with Crippen LogP contribution in [0.15, 0.2) is 51.4 Å². The van der Waals surface area contributed by atoms with Crippen molar-refractivity contribution in [1.82, 2.24) is 0 Å². The van der Waals surface area contributed by atoms with E-state index in [1.807, 2.05) is 6.07 Å². The summed E-state index contributed by atoms with van der Waals surface area (Å²) in [6.07, 6.45) is 0. The second-order valence-electron chi connectivity index (χ2n) is 3.44. The highest BCUT2D eigenvalue weighted by Gasteiger charge is 2.05. The summed E-state index contributed by atoms with van der Waals surface area (Å²) >= 11 is 7.08. The van der Waals surface area contributed by atoms with Crippen molar-refractivity contribution in [1.29, 1.82) is 0 Å². The molecule has 0 aliphatic rings. The summed E-state index contributed by atoms with van der Waals surface area (Å²) in [5.41, 5.74) is 3.78. The van der Waals surface area contributed by atoms with Crippen molar-refractivity contribution in [3.8, 4) is 11.1 Å². The predicted octanol–water partition coefficient (Wildman–Crippen LogP) is 5.19. The minimum atomic E-state index is 1.10. The summed E-state index contributed by atoms with van der Waals surface area (Å²) < 4.78 is 2.23. The molecule has 15 heavy (non-hydrogen) atoms. The van der Waals surface area contributed by atoms with Gasteiger partial charge in [0.25, 0.3) is 0 Å². The second kappa shape index (κ2) is 4.50. The van der Waals surface area contributed by atoms with Crippen LogP contribution in [0.25, 0.3) is 11.1 Å². The third-order valence-corrected chi connectivity index (χ3v) is 3.55. The molecule has 2 aromatic rings. The quantitative estimate of drug-likeness (QED) is 0.677. The van der Waals surface area contributed by atoms with Gasteiger partial charge in [-0.05, 0) is 41.8 Å². The average Bonchev–Trinajstić information content (AvgIpc) is 2.23. The van der Waals surface area contributed by atoms with Crippen molar-refractivity contribution >= 4 is 31.9 Å². The van der Waals surface area contributed by atoms with E-state index in [2.05, 4.69) is 75.2 Å². The Balaban J connectivity index is 2.64. The van der Waals surface area contributed by atoms with E-state index in [4.69, 9.17) is 0 Å². The molecular weight excluding hydrogens is 316 g/mol. The van der Waals surface area contributed by atoms with Gasteiger partial charge >= 0.3 is 0 Å². The largest absolute Gasteiger partial charge is 0.0620 e. The second-order valence-corrected chi connectivity index (χ2v) is 5.21. The summed E-state index contributed by atoms with van der Waals surface area (Å²) in [4.78, 5) is 0. The third kappa shape index (κ3) is 2.32. The van der Waals surface area contributed by atoms with Gasteiger partial charge in [0, 0.05) is 8.95 Å². The molecule has 0 fully saturated rings. The Bertz CT molecular complexity index is 490. The molecule has 0 spiro atoms. The molecule has 0 N–H and O–H groups in total. The first-order valence-corrected chi connectivity index (χ1v) is 6.28. The lowest BCUT2D eigenvalue weighted by molar-refractivity contribution is 1.44. The first-order valence-electron chi connectivity index (χ1n) is 4.69. The molecule has 0 atom stereocenters. The standard InChI is InChI=1S/C13H10Br2/c1-9-4-2-3-5-11(9)12-8-10(14)6-7-13(12)15/h2-8H,1H3. The SMILES string of the molecule is Cc1ccccc1-c1cc(Br)ccc1Br. The molecule has 0 amide bonds. The van der Waals surface area contributed by atoms with Crippen LogP contribution < -0.4 is 0 Å². The molecule has 2 heteroatoms. The van der Waals surface area contributed by atoms with E-state index in [9.17, 15) is 0 Å². The smallest absolute Gasteiger partial charge is 0.0254 e. The summed E-state index contributed by atoms with van der Waals surface area (Å²) in [5, 5.41) is 0. The highest BCUT2D eigenvalue weighted by atomic mass is 79.9. The first-order chi connectivity index (χ1) is 7.18. The Morgan fingerprint density at radius 2 is 1.60 bits per heavy atom. The Labute approximate surface area is 107 Å². The third-order valence-electron chi connectivity index (χ3n) is 2.36. The highest BCUT2D eigenvalue weighted by Crippen LogP contribution is 2.32. The molecule has 0 aliphatic heterocycles. The minimum Gasteiger partial charge on any atom is -0.0620 e. The number of benzene rings is 2. The van der Waals surface area contributed by atoms with Gasteiger partial charge in [0.15, 0.2) is 0 Å². The summed E-state index contributed by atoms with van der Waals surface area (Å²) in [5.74, 6) is 0. The van der Waals surface area contributed by atoms with Crippen LogP contribution in [0.4, 0.5) is 0 Å². The van der Waals surface area contributed by atoms with Gasteiger partial charge < -0.3 is 0 Å². The lowest BCUT2D eigenvalue weighted by Crippen LogP contribution is -1.84. The van der Waals surface area contributed by atoms with Crippen molar-refractivity contribution in [2.45, 2.75) is 6.92 Å². The molecule has 0 bridgehead atoms. The Morgan fingerprint density at radius 3 is 2.33 bits per heavy atom. The average molecular weight is 326 g/mol. The van der Waals surface area contributed by atoms with Crippen LogP contribution >= 0.6 is 31.9 Å². The Kier molecular flexibility index (Phi) is 3.27. The first kappa shape index (κ1) is 10.9. The zero-order valence-electron chi connectivity index (χ0n) is 8.30. The zero-order chi connectivity index (χ0) is 10.8. The van der Waals surface area contributed by atoms with E-state index < -0.39 is 0 Å². The molecule has 0 heterocycles. The van der Waals surface area contributed by atoms with Gasteiger partial charge in [0.1, 0.15) is 0 Å². The molecule has 0 radical (unpaired) electrons. The predicted molar refractivity (Wildman–Crippen MR) is 72.0 cm³/mol. The van der Waals surface area contributed by atoms with Crippen molar-refractivity contribution in [3.05, 3.63) is 57.0 Å². The number of hydrogen-bond donors (Lipinski definition) is 0. The molecule has 2 rings (SSSR count). The monoisotopic (exact) mass is 324 g/mol. The van der Waals surface area contributed by atoms with Crippen LogP contribution in [0.5, 0.6) is 0 Å². The molecule has 0 aliphatic carbocycles. The summed E-state index contributed by atoms with van der Waals surface area (Å²) in [7, 11) is 0. The topological polar surface area (TPSA) is 0 Å². The maximum atomic E-state index is 3.58. The van der Waals surface area contributed by atoms with Crippen LogP contribution in [0.1, 0.15) is 5.56 Å². The van der Waals surface area contributed by atoms with E-state index in [1.54, 1.807) is 0 Å². The van der Waals surface area contributed by atoms with Crippen LogP contribution in [0.2, 0.25) is 0 Å². The molecular formula is C13H10Br2. The number of aryl methyl sites for hydroxylation is 1. The van der Waals surface area contributed by atoms with Crippen LogP contribution in [0, 0.1) is 6.92 Å². The maximum absolute atomic E-state index is 3.58. The molecule has 0 aromatic heterocycles. The van der Waals surface area contributed by atoms with Gasteiger partial charge in [-0.25, -0.2) is 0 Å². The maximum Gasteiger partial charge on any atom is 0.0254 e. The van der Waals surface area contributed by atoms with E-state index in [0.29, 0.717) is 0 Å². The molecule has 0 saturated heterocycles. The molecule has 76 valence electrons. The number of hydrogen-bond acceptors (Lipinski definition) is 0. The lowest BCUT2D eigenvalue weighted by atomic mass is 10.0. The van der Waals surface area contributed by atoms with Crippen LogP contribution in [0.3, 0.4) is 0 Å². The summed E-state index contributed by atoms with van der Waals surface area (Å²) in [6, 6.07) is 14.6. The van der Waals surface area contributed by atoms with Gasteiger partial charge in [-0.1, -0.05) is 56.1 Å². The van der Waals surface area contributed by atoms with Gasteiger partial charge in [-0.15, -0.1) is 0 Å². The van der Waals surface area contributed by atoms with Crippen molar-refractivity contribution in [2.75, 3.05) is 0 Å². The number of halogens is 2. The van der Waals surface area contributed by atoms with Crippen molar-refractivity contribution < 1.29 is 0 Å². The van der Waals surface area contributed by atoms with Gasteiger partial charge in [-0.3, -0.25) is 0 Å². The van der Waals surface area contributed by atoms with E-state index in [0.717, 1.165) is 8.95 Å². The molecule has 2 aromatic carbocycles. The van der Waals surface area contributed by atoms with Gasteiger partial charge in [-0.2, -0.15) is 0 Å². The molecule has 0 saturated carbocycles. The van der Waals surface area contributed by atoms with Gasteiger partial charge in [0.05, 0.1) is 0 Å². The Hall–Kier alpha value is -0.600. The van der Waals surface area contributed by atoms with Crippen molar-refractivity contribution in [2.24, 2.45) is 0 Å². The van der Waals surface area contributed by atoms with Crippen molar-refractivity contribution in [3.63, 3.8) is 0 Å². The molecule has 0 unspecified atom stereocenters. The fraction of sp³-hybridized carbons (Fsp3) is 0.0769. The normalized spacial score (nSPS) is 10.3. The molecule has 0 nitrogen and oxygen atoms in total. The Morgan fingerprint density at radius 1 is 0.867 bits per heavy atom. The highest BCUT2D eigenvalue weighted by molar-refractivity contribution is 9.11. The zero-order valence-corrected chi connectivity index (χ0v) is 11.5. The van der Waals surface area contributed by atoms with Gasteiger partial charge in [0.2, 0.25) is 0 Å². The van der Waals surface area contributed by atoms with E-state index in [-0.39, 0.29) is 0 Å². The minimum absolute atomic E-state index is 1.10. The lowest BCUT2D eigenvalue weighted by Gasteiger charge is -2.08.